The molecular weight excluding hydrogens is 252 g/mol. The smallest absolute Gasteiger partial charge is 0.165 e. The van der Waals surface area contributed by atoms with Crippen molar-refractivity contribution in [2.45, 2.75) is 32.4 Å². The number of hydrogen-bond donors (Lipinski definition) is 1. The lowest BCUT2D eigenvalue weighted by Gasteiger charge is -2.29. The van der Waals surface area contributed by atoms with Crippen molar-refractivity contribution in [2.75, 3.05) is 33.9 Å². The van der Waals surface area contributed by atoms with Gasteiger partial charge in [-0.1, -0.05) is 12.1 Å². The third-order valence-corrected chi connectivity index (χ3v) is 3.86. The Morgan fingerprint density at radius 2 is 2.05 bits per heavy atom. The largest absolute Gasteiger partial charge is 0.493 e. The van der Waals surface area contributed by atoms with Gasteiger partial charge in [-0.15, -0.1) is 0 Å². The second-order valence-corrected chi connectivity index (χ2v) is 5.34. The monoisotopic (exact) mass is 278 g/mol. The molecule has 1 heterocycles. The summed E-state index contributed by atoms with van der Waals surface area (Å²) >= 11 is 0. The van der Waals surface area contributed by atoms with Crippen LogP contribution < -0.4 is 14.8 Å². The zero-order valence-corrected chi connectivity index (χ0v) is 12.8. The van der Waals surface area contributed by atoms with Gasteiger partial charge < -0.3 is 19.7 Å². The molecule has 0 unspecified atom stereocenters. The van der Waals surface area contributed by atoms with E-state index >= 15 is 0 Å². The second kappa shape index (κ2) is 7.50. The number of para-hydroxylation sites is 1. The molecule has 112 valence electrons. The van der Waals surface area contributed by atoms with Crippen molar-refractivity contribution >= 4 is 0 Å². The quantitative estimate of drug-likeness (QED) is 0.865. The summed E-state index contributed by atoms with van der Waals surface area (Å²) in [5, 5.41) is 3.64. The molecule has 1 aromatic rings. The molecular formula is C16H26N2O2. The van der Waals surface area contributed by atoms with E-state index in [0.29, 0.717) is 12.6 Å². The first kappa shape index (κ1) is 15.1. The molecule has 0 bridgehead atoms. The number of rotatable bonds is 6. The van der Waals surface area contributed by atoms with Crippen LogP contribution in [0.5, 0.6) is 11.5 Å². The molecule has 0 radical (unpaired) electrons. The fraction of sp³-hybridized carbons (Fsp3) is 0.625. The molecule has 0 saturated carbocycles. The van der Waals surface area contributed by atoms with Crippen molar-refractivity contribution in [3.63, 3.8) is 0 Å². The van der Waals surface area contributed by atoms with Gasteiger partial charge in [-0.2, -0.15) is 0 Å². The first-order chi connectivity index (χ1) is 9.74. The fourth-order valence-electron chi connectivity index (χ4n) is 2.67. The average Bonchev–Trinajstić information content (AvgIpc) is 2.47. The van der Waals surface area contributed by atoms with Crippen molar-refractivity contribution in [3.05, 3.63) is 23.8 Å². The Morgan fingerprint density at radius 1 is 1.30 bits per heavy atom. The normalized spacial score (nSPS) is 17.1. The summed E-state index contributed by atoms with van der Waals surface area (Å²) in [6, 6.07) is 6.69. The molecule has 20 heavy (non-hydrogen) atoms. The fourth-order valence-corrected chi connectivity index (χ4v) is 2.67. The maximum Gasteiger partial charge on any atom is 0.165 e. The van der Waals surface area contributed by atoms with Crippen LogP contribution in [-0.2, 0) is 6.54 Å². The Morgan fingerprint density at radius 3 is 2.70 bits per heavy atom. The molecule has 4 nitrogen and oxygen atoms in total. The van der Waals surface area contributed by atoms with E-state index in [1.165, 1.54) is 25.9 Å². The topological polar surface area (TPSA) is 33.7 Å². The van der Waals surface area contributed by atoms with Gasteiger partial charge >= 0.3 is 0 Å². The minimum atomic E-state index is 0.603. The molecule has 0 aromatic heterocycles. The Labute approximate surface area is 122 Å². The molecule has 1 fully saturated rings. The predicted molar refractivity (Wildman–Crippen MR) is 81.5 cm³/mol. The molecule has 2 rings (SSSR count). The first-order valence-electron chi connectivity index (χ1n) is 7.45. The minimum absolute atomic E-state index is 0.603. The van der Waals surface area contributed by atoms with E-state index in [1.54, 1.807) is 7.11 Å². The molecule has 0 atom stereocenters. The number of nitrogens with zero attached hydrogens (tertiary/aromatic N) is 1. The van der Waals surface area contributed by atoms with Gasteiger partial charge in [0.05, 0.1) is 13.7 Å². The Hall–Kier alpha value is -1.26. The van der Waals surface area contributed by atoms with Crippen LogP contribution in [0.2, 0.25) is 0 Å². The van der Waals surface area contributed by atoms with Crippen LogP contribution in [0.25, 0.3) is 0 Å². The van der Waals surface area contributed by atoms with Crippen LogP contribution in [0.15, 0.2) is 18.2 Å². The maximum atomic E-state index is 5.61. The van der Waals surface area contributed by atoms with Crippen LogP contribution in [-0.4, -0.2) is 44.8 Å². The van der Waals surface area contributed by atoms with Gasteiger partial charge in [0.25, 0.3) is 0 Å². The van der Waals surface area contributed by atoms with Crippen molar-refractivity contribution in [2.24, 2.45) is 0 Å². The highest BCUT2D eigenvalue weighted by Gasteiger charge is 2.17. The number of nitrogens with one attached hydrogen (secondary N) is 1. The molecule has 1 aromatic carbocycles. The molecule has 0 aliphatic carbocycles. The molecule has 1 aliphatic rings. The van der Waals surface area contributed by atoms with Crippen LogP contribution in [0.3, 0.4) is 0 Å². The number of hydrogen-bond acceptors (Lipinski definition) is 4. The number of likely N-dealkylation sites (tertiary alicyclic amines) is 1. The lowest BCUT2D eigenvalue weighted by molar-refractivity contribution is 0.233. The van der Waals surface area contributed by atoms with E-state index in [1.807, 2.05) is 19.1 Å². The Balaban J connectivity index is 1.96. The number of ether oxygens (including phenoxy) is 2. The SMILES string of the molecule is CCOc1cccc(CNC2CCN(C)CC2)c1OC. The van der Waals surface area contributed by atoms with E-state index in [2.05, 4.69) is 23.3 Å². The summed E-state index contributed by atoms with van der Waals surface area (Å²) in [5.41, 5.74) is 1.16. The van der Waals surface area contributed by atoms with Crippen molar-refractivity contribution < 1.29 is 9.47 Å². The summed E-state index contributed by atoms with van der Waals surface area (Å²) in [6.07, 6.45) is 2.42. The summed E-state index contributed by atoms with van der Waals surface area (Å²) in [4.78, 5) is 2.38. The molecule has 1 aliphatic heterocycles. The van der Waals surface area contributed by atoms with Crippen LogP contribution in [0.1, 0.15) is 25.3 Å². The van der Waals surface area contributed by atoms with Crippen LogP contribution >= 0.6 is 0 Å². The van der Waals surface area contributed by atoms with Gasteiger partial charge in [0.2, 0.25) is 0 Å². The van der Waals surface area contributed by atoms with Gasteiger partial charge in [-0.25, -0.2) is 0 Å². The zero-order chi connectivity index (χ0) is 14.4. The van der Waals surface area contributed by atoms with Gasteiger partial charge in [-0.3, -0.25) is 0 Å². The van der Waals surface area contributed by atoms with Crippen molar-refractivity contribution in [1.29, 1.82) is 0 Å². The maximum absolute atomic E-state index is 5.61. The Bertz CT molecular complexity index is 415. The summed E-state index contributed by atoms with van der Waals surface area (Å²) in [7, 11) is 3.89. The molecule has 1 saturated heterocycles. The lowest BCUT2D eigenvalue weighted by Crippen LogP contribution is -2.40. The minimum Gasteiger partial charge on any atom is -0.493 e. The van der Waals surface area contributed by atoms with Gasteiger partial charge in [0.15, 0.2) is 11.5 Å². The lowest BCUT2D eigenvalue weighted by atomic mass is 10.0. The van der Waals surface area contributed by atoms with E-state index in [0.717, 1.165) is 23.6 Å². The van der Waals surface area contributed by atoms with E-state index in [9.17, 15) is 0 Å². The number of methoxy groups -OCH3 is 1. The third kappa shape index (κ3) is 3.87. The summed E-state index contributed by atoms with van der Waals surface area (Å²) in [6.45, 7) is 5.82. The van der Waals surface area contributed by atoms with E-state index in [4.69, 9.17) is 9.47 Å². The molecule has 1 N–H and O–H groups in total. The summed E-state index contributed by atoms with van der Waals surface area (Å²) in [5.74, 6) is 1.69. The standard InChI is InChI=1S/C16H26N2O2/c1-4-20-15-7-5-6-13(16(15)19-3)12-17-14-8-10-18(2)11-9-14/h5-7,14,17H,4,8-12H2,1-3H3. The first-order valence-corrected chi connectivity index (χ1v) is 7.45. The third-order valence-electron chi connectivity index (χ3n) is 3.86. The average molecular weight is 278 g/mol. The summed E-state index contributed by atoms with van der Waals surface area (Å²) < 4.78 is 11.1. The van der Waals surface area contributed by atoms with Gasteiger partial charge in [-0.05, 0) is 46.0 Å². The van der Waals surface area contributed by atoms with E-state index < -0.39 is 0 Å². The molecule has 4 heteroatoms. The highest BCUT2D eigenvalue weighted by molar-refractivity contribution is 5.46. The second-order valence-electron chi connectivity index (χ2n) is 5.34. The van der Waals surface area contributed by atoms with E-state index in [-0.39, 0.29) is 0 Å². The predicted octanol–water partition coefficient (Wildman–Crippen LogP) is 2.28. The van der Waals surface area contributed by atoms with Crippen LogP contribution in [0.4, 0.5) is 0 Å². The molecule has 0 spiro atoms. The van der Waals surface area contributed by atoms with Crippen molar-refractivity contribution in [1.82, 2.24) is 10.2 Å². The van der Waals surface area contributed by atoms with Crippen LogP contribution in [0, 0.1) is 0 Å². The molecule has 0 amide bonds. The zero-order valence-electron chi connectivity index (χ0n) is 12.8. The highest BCUT2D eigenvalue weighted by Crippen LogP contribution is 2.31. The van der Waals surface area contributed by atoms with Gasteiger partial charge in [0.1, 0.15) is 0 Å². The van der Waals surface area contributed by atoms with Gasteiger partial charge in [0, 0.05) is 18.2 Å². The number of benzene rings is 1. The van der Waals surface area contributed by atoms with Crippen molar-refractivity contribution in [3.8, 4) is 11.5 Å². The number of piperidine rings is 1. The highest BCUT2D eigenvalue weighted by atomic mass is 16.5. The Kier molecular flexibility index (Phi) is 5.68.